The number of carbonyl (C=O) groups is 1. The van der Waals surface area contributed by atoms with Crippen LogP contribution in [0.2, 0.25) is 0 Å². The number of fused-ring (bicyclic) bond motifs is 1. The zero-order valence-electron chi connectivity index (χ0n) is 18.2. The van der Waals surface area contributed by atoms with E-state index in [0.717, 1.165) is 12.1 Å². The van der Waals surface area contributed by atoms with Gasteiger partial charge < -0.3 is 15.4 Å². The molecular formula is C24H18F4N4O3. The number of amides is 2. The van der Waals surface area contributed by atoms with Crippen LogP contribution in [0.3, 0.4) is 0 Å². The Morgan fingerprint density at radius 1 is 1.06 bits per heavy atom. The highest BCUT2D eigenvalue weighted by Crippen LogP contribution is 2.34. The zero-order valence-corrected chi connectivity index (χ0v) is 18.2. The number of urea groups is 1. The molecule has 1 aromatic heterocycles. The lowest BCUT2D eigenvalue weighted by atomic mass is 10.2. The lowest BCUT2D eigenvalue weighted by Gasteiger charge is -2.15. The van der Waals surface area contributed by atoms with E-state index in [0.29, 0.717) is 16.6 Å². The van der Waals surface area contributed by atoms with Crippen molar-refractivity contribution in [1.82, 2.24) is 14.9 Å². The first-order valence-electron chi connectivity index (χ1n) is 10.2. The monoisotopic (exact) mass is 486 g/mol. The van der Waals surface area contributed by atoms with Crippen LogP contribution < -0.4 is 20.9 Å². The molecule has 0 saturated carbocycles. The number of nitrogens with zero attached hydrogens (tertiary/aromatic N) is 2. The number of carbonyl (C=O) groups excluding carboxylic acids is 1. The van der Waals surface area contributed by atoms with Crippen LogP contribution in [0, 0.1) is 5.82 Å². The van der Waals surface area contributed by atoms with Gasteiger partial charge in [-0.05, 0) is 48.5 Å². The molecule has 0 bridgehead atoms. The predicted octanol–water partition coefficient (Wildman–Crippen LogP) is 4.87. The average Bonchev–Trinajstić information content (AvgIpc) is 2.83. The molecule has 0 saturated heterocycles. The maximum Gasteiger partial charge on any atom is 0.416 e. The third kappa shape index (κ3) is 5.24. The molecule has 4 rings (SSSR count). The van der Waals surface area contributed by atoms with Crippen molar-refractivity contribution in [2.45, 2.75) is 12.7 Å². The molecule has 180 valence electrons. The molecule has 0 radical (unpaired) electrons. The standard InChI is InChI=1S/C24H18F4N4O3/c1-35-18-11-14(24(26,27)28)10-16(12-18)30-23(34)29-13-21-31-20-5-3-2-4-19(20)22(33)32(21)17-8-6-15(25)7-9-17/h2-12H,13H2,1H3,(H2,29,30,34). The van der Waals surface area contributed by atoms with E-state index in [1.807, 2.05) is 0 Å². The van der Waals surface area contributed by atoms with Gasteiger partial charge >= 0.3 is 12.2 Å². The van der Waals surface area contributed by atoms with E-state index < -0.39 is 29.1 Å². The maximum atomic E-state index is 13.4. The summed E-state index contributed by atoms with van der Waals surface area (Å²) in [6.45, 7) is -0.251. The summed E-state index contributed by atoms with van der Waals surface area (Å²) in [5.41, 5.74) is -0.850. The average molecular weight is 486 g/mol. The third-order valence-corrected chi connectivity index (χ3v) is 5.06. The smallest absolute Gasteiger partial charge is 0.416 e. The second kappa shape index (κ2) is 9.45. The highest BCUT2D eigenvalue weighted by Gasteiger charge is 2.31. The fourth-order valence-corrected chi connectivity index (χ4v) is 3.44. The Kier molecular flexibility index (Phi) is 6.41. The normalized spacial score (nSPS) is 11.3. The van der Waals surface area contributed by atoms with Crippen molar-refractivity contribution in [2.75, 3.05) is 12.4 Å². The Bertz CT molecular complexity index is 1450. The number of para-hydroxylation sites is 1. The van der Waals surface area contributed by atoms with E-state index in [4.69, 9.17) is 4.74 Å². The summed E-state index contributed by atoms with van der Waals surface area (Å²) < 4.78 is 59.0. The summed E-state index contributed by atoms with van der Waals surface area (Å²) in [7, 11) is 1.21. The van der Waals surface area contributed by atoms with Gasteiger partial charge in [-0.3, -0.25) is 9.36 Å². The maximum absolute atomic E-state index is 13.4. The Labute approximate surface area is 196 Å². The van der Waals surface area contributed by atoms with Gasteiger partial charge in [0.1, 0.15) is 17.4 Å². The Hall–Kier alpha value is -4.41. The van der Waals surface area contributed by atoms with Gasteiger partial charge in [0.2, 0.25) is 0 Å². The molecule has 1 heterocycles. The minimum atomic E-state index is -4.64. The van der Waals surface area contributed by atoms with Crippen molar-refractivity contribution in [3.8, 4) is 11.4 Å². The summed E-state index contributed by atoms with van der Waals surface area (Å²) in [4.78, 5) is 30.1. The molecule has 0 spiro atoms. The summed E-state index contributed by atoms with van der Waals surface area (Å²) in [5.74, 6) is -0.445. The van der Waals surface area contributed by atoms with Crippen LogP contribution in [0.15, 0.2) is 71.5 Å². The van der Waals surface area contributed by atoms with Crippen LogP contribution in [0.25, 0.3) is 16.6 Å². The van der Waals surface area contributed by atoms with Gasteiger partial charge in [0.05, 0.1) is 35.8 Å². The largest absolute Gasteiger partial charge is 0.497 e. The number of halogens is 4. The molecule has 2 N–H and O–H groups in total. The van der Waals surface area contributed by atoms with Gasteiger partial charge in [0.25, 0.3) is 5.56 Å². The molecule has 4 aromatic rings. The quantitative estimate of drug-likeness (QED) is 0.394. The van der Waals surface area contributed by atoms with Crippen LogP contribution in [0.5, 0.6) is 5.75 Å². The molecule has 3 aromatic carbocycles. The van der Waals surface area contributed by atoms with E-state index in [2.05, 4.69) is 15.6 Å². The predicted molar refractivity (Wildman–Crippen MR) is 121 cm³/mol. The van der Waals surface area contributed by atoms with Crippen molar-refractivity contribution in [3.05, 3.63) is 94.3 Å². The zero-order chi connectivity index (χ0) is 25.2. The highest BCUT2D eigenvalue weighted by atomic mass is 19.4. The minimum Gasteiger partial charge on any atom is -0.497 e. The fraction of sp³-hybridized carbons (Fsp3) is 0.125. The fourth-order valence-electron chi connectivity index (χ4n) is 3.44. The van der Waals surface area contributed by atoms with Crippen LogP contribution in [0.1, 0.15) is 11.4 Å². The van der Waals surface area contributed by atoms with Gasteiger partial charge in [-0.25, -0.2) is 14.2 Å². The SMILES string of the molecule is COc1cc(NC(=O)NCc2nc3ccccc3c(=O)n2-c2ccc(F)cc2)cc(C(F)(F)F)c1. The van der Waals surface area contributed by atoms with E-state index >= 15 is 0 Å². The summed E-state index contributed by atoms with van der Waals surface area (Å²) in [6, 6.07) is 13.7. The van der Waals surface area contributed by atoms with E-state index in [1.165, 1.54) is 42.0 Å². The molecule has 0 fully saturated rings. The minimum absolute atomic E-state index is 0.0866. The van der Waals surface area contributed by atoms with Crippen LogP contribution >= 0.6 is 0 Å². The van der Waals surface area contributed by atoms with Crippen molar-refractivity contribution >= 4 is 22.6 Å². The Morgan fingerprint density at radius 2 is 1.77 bits per heavy atom. The van der Waals surface area contributed by atoms with Gasteiger partial charge in [0, 0.05) is 11.8 Å². The van der Waals surface area contributed by atoms with Gasteiger partial charge in [-0.15, -0.1) is 0 Å². The number of nitrogens with one attached hydrogen (secondary N) is 2. The van der Waals surface area contributed by atoms with E-state index in [1.54, 1.807) is 24.3 Å². The van der Waals surface area contributed by atoms with Gasteiger partial charge in [0.15, 0.2) is 0 Å². The van der Waals surface area contributed by atoms with Crippen LogP contribution in [-0.4, -0.2) is 22.7 Å². The molecule has 7 nitrogen and oxygen atoms in total. The van der Waals surface area contributed by atoms with Crippen molar-refractivity contribution in [1.29, 1.82) is 0 Å². The number of aromatic nitrogens is 2. The van der Waals surface area contributed by atoms with E-state index in [9.17, 15) is 27.2 Å². The summed E-state index contributed by atoms with van der Waals surface area (Å²) in [5, 5.41) is 5.13. The first kappa shape index (κ1) is 23.7. The number of ether oxygens (including phenoxy) is 1. The number of anilines is 1. The molecule has 0 unspecified atom stereocenters. The number of methoxy groups -OCH3 is 1. The first-order valence-corrected chi connectivity index (χ1v) is 10.2. The Balaban J connectivity index is 1.63. The molecule has 2 amide bonds. The number of rotatable bonds is 5. The number of hydrogen-bond acceptors (Lipinski definition) is 4. The second-order valence-electron chi connectivity index (χ2n) is 7.42. The van der Waals surface area contributed by atoms with Crippen molar-refractivity contribution in [2.24, 2.45) is 0 Å². The van der Waals surface area contributed by atoms with E-state index in [-0.39, 0.29) is 23.8 Å². The summed E-state index contributed by atoms with van der Waals surface area (Å²) in [6.07, 6.45) is -4.64. The number of alkyl halides is 3. The lowest BCUT2D eigenvalue weighted by molar-refractivity contribution is -0.137. The molecule has 0 aliphatic heterocycles. The first-order chi connectivity index (χ1) is 16.7. The highest BCUT2D eigenvalue weighted by molar-refractivity contribution is 5.89. The van der Waals surface area contributed by atoms with Gasteiger partial charge in [-0.2, -0.15) is 13.2 Å². The lowest BCUT2D eigenvalue weighted by Crippen LogP contribution is -2.32. The van der Waals surface area contributed by atoms with Crippen LogP contribution in [-0.2, 0) is 12.7 Å². The van der Waals surface area contributed by atoms with Crippen molar-refractivity contribution in [3.63, 3.8) is 0 Å². The molecule has 35 heavy (non-hydrogen) atoms. The second-order valence-corrected chi connectivity index (χ2v) is 7.42. The van der Waals surface area contributed by atoms with Crippen LogP contribution in [0.4, 0.5) is 28.0 Å². The molecule has 0 aliphatic carbocycles. The Morgan fingerprint density at radius 3 is 2.46 bits per heavy atom. The third-order valence-electron chi connectivity index (χ3n) is 5.06. The molecule has 0 atom stereocenters. The van der Waals surface area contributed by atoms with Crippen molar-refractivity contribution < 1.29 is 27.1 Å². The molecule has 11 heteroatoms. The summed E-state index contributed by atoms with van der Waals surface area (Å²) >= 11 is 0. The molecule has 0 aliphatic rings. The number of hydrogen-bond donors (Lipinski definition) is 2. The number of benzene rings is 3. The topological polar surface area (TPSA) is 85.2 Å². The van der Waals surface area contributed by atoms with Gasteiger partial charge in [-0.1, -0.05) is 12.1 Å². The molecular weight excluding hydrogens is 468 g/mol.